The second-order valence-electron chi connectivity index (χ2n) is 6.19. The molecule has 21 heavy (non-hydrogen) atoms. The van der Waals surface area contributed by atoms with Crippen LogP contribution in [0.3, 0.4) is 0 Å². The van der Waals surface area contributed by atoms with Crippen LogP contribution in [0.2, 0.25) is 0 Å². The number of aryl methyl sites for hydroxylation is 1. The van der Waals surface area contributed by atoms with E-state index in [4.69, 9.17) is 0 Å². The molecule has 0 amide bonds. The van der Waals surface area contributed by atoms with Crippen molar-refractivity contribution in [1.29, 1.82) is 0 Å². The molecule has 2 aliphatic carbocycles. The Kier molecular flexibility index (Phi) is 4.08. The maximum Gasteiger partial charge on any atom is 0.243 e. The Morgan fingerprint density at radius 2 is 1.90 bits per heavy atom. The molecule has 0 saturated heterocycles. The van der Waals surface area contributed by atoms with Crippen molar-refractivity contribution in [3.8, 4) is 0 Å². The second-order valence-corrected chi connectivity index (χ2v) is 8.19. The van der Waals surface area contributed by atoms with Crippen LogP contribution in [0, 0.1) is 0 Å². The summed E-state index contributed by atoms with van der Waals surface area (Å²) in [6, 6.07) is 6.42. The summed E-state index contributed by atoms with van der Waals surface area (Å²) >= 11 is 0. The van der Waals surface area contributed by atoms with Gasteiger partial charge in [-0.2, -0.15) is 4.31 Å². The summed E-state index contributed by atoms with van der Waals surface area (Å²) in [7, 11) is -1.64. The van der Waals surface area contributed by atoms with Gasteiger partial charge >= 0.3 is 0 Å². The van der Waals surface area contributed by atoms with Crippen LogP contribution >= 0.6 is 0 Å². The first-order valence-corrected chi connectivity index (χ1v) is 9.29. The fourth-order valence-electron chi connectivity index (χ4n) is 2.61. The fraction of sp³-hybridized carbons (Fsp3) is 0.625. The van der Waals surface area contributed by atoms with E-state index in [1.807, 2.05) is 12.1 Å². The summed E-state index contributed by atoms with van der Waals surface area (Å²) in [5, 5.41) is 3.48. The summed E-state index contributed by atoms with van der Waals surface area (Å²) in [5.74, 6) is 0. The Hall–Kier alpha value is -0.910. The maximum atomic E-state index is 12.6. The molecule has 3 rings (SSSR count). The van der Waals surface area contributed by atoms with Crippen LogP contribution < -0.4 is 5.32 Å². The van der Waals surface area contributed by atoms with Crippen LogP contribution in [0.4, 0.5) is 0 Å². The second kappa shape index (κ2) is 5.71. The van der Waals surface area contributed by atoms with Crippen molar-refractivity contribution in [2.45, 2.75) is 62.6 Å². The molecule has 0 unspecified atom stereocenters. The molecule has 4 nitrogen and oxygen atoms in total. The monoisotopic (exact) mass is 308 g/mol. The van der Waals surface area contributed by atoms with E-state index in [-0.39, 0.29) is 6.04 Å². The number of rotatable bonds is 7. The zero-order chi connectivity index (χ0) is 15.0. The summed E-state index contributed by atoms with van der Waals surface area (Å²) in [4.78, 5) is 0.432. The highest BCUT2D eigenvalue weighted by atomic mass is 32.2. The van der Waals surface area contributed by atoms with E-state index in [0.717, 1.165) is 31.4 Å². The average molecular weight is 308 g/mol. The molecule has 2 aliphatic rings. The Bertz CT molecular complexity index is 619. The molecule has 0 atom stereocenters. The van der Waals surface area contributed by atoms with Crippen LogP contribution in [0.25, 0.3) is 0 Å². The Morgan fingerprint density at radius 3 is 2.48 bits per heavy atom. The molecule has 2 saturated carbocycles. The van der Waals surface area contributed by atoms with Crippen molar-refractivity contribution in [2.75, 3.05) is 7.05 Å². The third-order valence-corrected chi connectivity index (χ3v) is 6.36. The minimum absolute atomic E-state index is 0.203. The number of sulfonamides is 1. The van der Waals surface area contributed by atoms with Crippen LogP contribution in [-0.2, 0) is 23.0 Å². The van der Waals surface area contributed by atoms with E-state index < -0.39 is 10.0 Å². The van der Waals surface area contributed by atoms with E-state index in [1.165, 1.54) is 22.7 Å². The molecule has 116 valence electrons. The Balaban J connectivity index is 1.85. The first-order chi connectivity index (χ1) is 10.0. The standard InChI is InChI=1S/C16H24N2O2S/c1-3-12-4-9-16(10-13(12)11-17-14-5-6-14)21(19,20)18(2)15-7-8-15/h4,9-10,14-15,17H,3,5-8,11H2,1-2H3. The summed E-state index contributed by atoms with van der Waals surface area (Å²) in [6.07, 6.45) is 5.38. The summed E-state index contributed by atoms with van der Waals surface area (Å²) in [5.41, 5.74) is 2.35. The Labute approximate surface area is 127 Å². The number of nitrogens with one attached hydrogen (secondary N) is 1. The van der Waals surface area contributed by atoms with E-state index in [0.29, 0.717) is 10.9 Å². The van der Waals surface area contributed by atoms with Gasteiger partial charge in [-0.3, -0.25) is 0 Å². The quantitative estimate of drug-likeness (QED) is 0.841. The number of nitrogens with zero attached hydrogens (tertiary/aromatic N) is 1. The zero-order valence-corrected chi connectivity index (χ0v) is 13.6. The first kappa shape index (κ1) is 15.0. The number of hydrogen-bond donors (Lipinski definition) is 1. The lowest BCUT2D eigenvalue weighted by Crippen LogP contribution is -2.29. The SMILES string of the molecule is CCc1ccc(S(=O)(=O)N(C)C2CC2)cc1CNC1CC1. The molecular formula is C16H24N2O2S. The van der Waals surface area contributed by atoms with Crippen molar-refractivity contribution < 1.29 is 8.42 Å². The van der Waals surface area contributed by atoms with Gasteiger partial charge in [-0.25, -0.2) is 8.42 Å². The van der Waals surface area contributed by atoms with Crippen molar-refractivity contribution >= 4 is 10.0 Å². The molecule has 5 heteroatoms. The van der Waals surface area contributed by atoms with E-state index in [9.17, 15) is 8.42 Å². The highest BCUT2D eigenvalue weighted by Crippen LogP contribution is 2.31. The number of benzene rings is 1. The summed E-state index contributed by atoms with van der Waals surface area (Å²) < 4.78 is 26.8. The lowest BCUT2D eigenvalue weighted by molar-refractivity contribution is 0.464. The van der Waals surface area contributed by atoms with Crippen LogP contribution in [0.15, 0.2) is 23.1 Å². The third kappa shape index (κ3) is 3.30. The van der Waals surface area contributed by atoms with E-state index in [1.54, 1.807) is 13.1 Å². The lowest BCUT2D eigenvalue weighted by Gasteiger charge is -2.18. The van der Waals surface area contributed by atoms with Gasteiger partial charge in [0.2, 0.25) is 10.0 Å². The van der Waals surface area contributed by atoms with E-state index in [2.05, 4.69) is 12.2 Å². The van der Waals surface area contributed by atoms with Gasteiger partial charge in [-0.05, 0) is 55.4 Å². The van der Waals surface area contributed by atoms with Crippen molar-refractivity contribution in [2.24, 2.45) is 0 Å². The molecular weight excluding hydrogens is 284 g/mol. The van der Waals surface area contributed by atoms with Crippen molar-refractivity contribution in [3.05, 3.63) is 29.3 Å². The van der Waals surface area contributed by atoms with Gasteiger partial charge in [0, 0.05) is 25.7 Å². The topological polar surface area (TPSA) is 49.4 Å². The molecule has 0 bridgehead atoms. The highest BCUT2D eigenvalue weighted by molar-refractivity contribution is 7.89. The minimum Gasteiger partial charge on any atom is -0.310 e. The van der Waals surface area contributed by atoms with Crippen molar-refractivity contribution in [1.82, 2.24) is 9.62 Å². The third-order valence-electron chi connectivity index (χ3n) is 4.46. The van der Waals surface area contributed by atoms with Gasteiger partial charge in [-0.1, -0.05) is 13.0 Å². The molecule has 1 N–H and O–H groups in total. The van der Waals surface area contributed by atoms with Crippen molar-refractivity contribution in [3.63, 3.8) is 0 Å². The predicted molar refractivity (Wildman–Crippen MR) is 83.7 cm³/mol. The smallest absolute Gasteiger partial charge is 0.243 e. The van der Waals surface area contributed by atoms with E-state index >= 15 is 0 Å². The first-order valence-electron chi connectivity index (χ1n) is 7.85. The average Bonchev–Trinajstić information content (AvgIpc) is 3.37. The molecule has 0 aliphatic heterocycles. The summed E-state index contributed by atoms with van der Waals surface area (Å²) in [6.45, 7) is 2.88. The molecule has 0 aromatic heterocycles. The highest BCUT2D eigenvalue weighted by Gasteiger charge is 2.35. The fourth-order valence-corrected chi connectivity index (χ4v) is 4.08. The molecule has 0 radical (unpaired) electrons. The molecule has 1 aromatic rings. The van der Waals surface area contributed by atoms with Crippen LogP contribution in [0.1, 0.15) is 43.7 Å². The lowest BCUT2D eigenvalue weighted by atomic mass is 10.1. The van der Waals surface area contributed by atoms with Gasteiger partial charge in [0.25, 0.3) is 0 Å². The van der Waals surface area contributed by atoms with Crippen LogP contribution in [0.5, 0.6) is 0 Å². The zero-order valence-electron chi connectivity index (χ0n) is 12.8. The maximum absolute atomic E-state index is 12.6. The molecule has 0 spiro atoms. The van der Waals surface area contributed by atoms with Gasteiger partial charge in [0.1, 0.15) is 0 Å². The molecule has 0 heterocycles. The molecule has 1 aromatic carbocycles. The largest absolute Gasteiger partial charge is 0.310 e. The van der Waals surface area contributed by atoms with Crippen LogP contribution in [-0.4, -0.2) is 31.9 Å². The Morgan fingerprint density at radius 1 is 1.19 bits per heavy atom. The van der Waals surface area contributed by atoms with Gasteiger partial charge in [0.05, 0.1) is 4.90 Å². The predicted octanol–water partition coefficient (Wildman–Crippen LogP) is 2.28. The van der Waals surface area contributed by atoms with Gasteiger partial charge < -0.3 is 5.32 Å². The van der Waals surface area contributed by atoms with Gasteiger partial charge in [-0.15, -0.1) is 0 Å². The molecule has 2 fully saturated rings. The minimum atomic E-state index is -3.34. The normalized spacial score (nSPS) is 19.2. The number of hydrogen-bond acceptors (Lipinski definition) is 3. The van der Waals surface area contributed by atoms with Gasteiger partial charge in [0.15, 0.2) is 0 Å².